The number of hydrogen-bond donors (Lipinski definition) is 1. The zero-order valence-electron chi connectivity index (χ0n) is 17.1. The van der Waals surface area contributed by atoms with E-state index >= 15 is 0 Å². The largest absolute Gasteiger partial charge is 0.394 e. The zero-order valence-corrected chi connectivity index (χ0v) is 17.1. The maximum atomic E-state index is 10.4. The van der Waals surface area contributed by atoms with Crippen molar-refractivity contribution in [2.24, 2.45) is 5.92 Å². The molecular weight excluding hydrogens is 338 g/mol. The molecule has 1 aromatic carbocycles. The highest BCUT2D eigenvalue weighted by Crippen LogP contribution is 2.40. The summed E-state index contributed by atoms with van der Waals surface area (Å²) in [7, 11) is 0. The Labute approximate surface area is 164 Å². The molecule has 1 aromatic rings. The molecule has 0 amide bonds. The van der Waals surface area contributed by atoms with Crippen molar-refractivity contribution in [3.05, 3.63) is 35.9 Å². The summed E-state index contributed by atoms with van der Waals surface area (Å²) in [4.78, 5) is 2.67. The first-order valence-electron chi connectivity index (χ1n) is 10.9. The van der Waals surface area contributed by atoms with Gasteiger partial charge in [0.25, 0.3) is 0 Å². The van der Waals surface area contributed by atoms with Crippen LogP contribution in [-0.4, -0.2) is 48.2 Å². The number of likely N-dealkylation sites (tertiary alicyclic amines) is 1. The number of ether oxygens (including phenoxy) is 2. The summed E-state index contributed by atoms with van der Waals surface area (Å²) in [5.74, 6) is 0.678. The van der Waals surface area contributed by atoms with Gasteiger partial charge in [0.15, 0.2) is 6.29 Å². The number of piperidine rings is 1. The van der Waals surface area contributed by atoms with Gasteiger partial charge in [-0.25, -0.2) is 0 Å². The van der Waals surface area contributed by atoms with Crippen LogP contribution in [0.4, 0.5) is 0 Å². The summed E-state index contributed by atoms with van der Waals surface area (Å²) >= 11 is 0. The van der Waals surface area contributed by atoms with Crippen molar-refractivity contribution < 1.29 is 14.6 Å². The van der Waals surface area contributed by atoms with Crippen molar-refractivity contribution in [2.75, 3.05) is 19.8 Å². The molecule has 2 heterocycles. The van der Waals surface area contributed by atoms with E-state index in [1.807, 2.05) is 0 Å². The lowest BCUT2D eigenvalue weighted by Gasteiger charge is -2.50. The van der Waals surface area contributed by atoms with Gasteiger partial charge in [0.2, 0.25) is 0 Å². The molecule has 2 fully saturated rings. The maximum absolute atomic E-state index is 10.4. The first-order valence-corrected chi connectivity index (χ1v) is 10.9. The first kappa shape index (κ1) is 20.8. The lowest BCUT2D eigenvalue weighted by Crippen LogP contribution is -2.53. The van der Waals surface area contributed by atoms with Gasteiger partial charge in [-0.15, -0.1) is 0 Å². The van der Waals surface area contributed by atoms with Gasteiger partial charge in [0.1, 0.15) is 0 Å². The molecule has 4 heteroatoms. The predicted octanol–water partition coefficient (Wildman–Crippen LogP) is 4.53. The van der Waals surface area contributed by atoms with E-state index in [1.165, 1.54) is 37.7 Å². The Kier molecular flexibility index (Phi) is 8.13. The molecule has 152 valence electrons. The normalized spacial score (nSPS) is 28.5. The van der Waals surface area contributed by atoms with Crippen LogP contribution < -0.4 is 0 Å². The fraction of sp³-hybridized carbons (Fsp3) is 0.739. The van der Waals surface area contributed by atoms with Gasteiger partial charge in [-0.1, -0.05) is 57.0 Å². The molecule has 2 aliphatic heterocycles. The Morgan fingerprint density at radius 1 is 1.04 bits per heavy atom. The molecule has 0 bridgehead atoms. The minimum Gasteiger partial charge on any atom is -0.394 e. The SMILES string of the molecule is CCC[C@H]1CC[C@@H](CC)[C@H](CCC2OCCO2)N1[C@@H](CO)c1ccccc1. The molecule has 0 saturated carbocycles. The summed E-state index contributed by atoms with van der Waals surface area (Å²) in [6.07, 6.45) is 8.10. The fourth-order valence-electron chi connectivity index (χ4n) is 5.16. The molecule has 4 atom stereocenters. The second-order valence-electron chi connectivity index (χ2n) is 8.06. The minimum atomic E-state index is -0.0415. The van der Waals surface area contributed by atoms with Crippen molar-refractivity contribution in [3.63, 3.8) is 0 Å². The highest BCUT2D eigenvalue weighted by Gasteiger charge is 2.40. The molecule has 0 spiro atoms. The topological polar surface area (TPSA) is 41.9 Å². The molecular formula is C23H37NO3. The average Bonchev–Trinajstić information content (AvgIpc) is 3.23. The summed E-state index contributed by atoms with van der Waals surface area (Å²) in [6, 6.07) is 11.7. The third kappa shape index (κ3) is 5.11. The van der Waals surface area contributed by atoms with Crippen LogP contribution in [0, 0.1) is 5.92 Å². The molecule has 0 radical (unpaired) electrons. The van der Waals surface area contributed by atoms with Gasteiger partial charge in [-0.05, 0) is 43.6 Å². The standard InChI is InChI=1S/C23H37NO3/c1-3-8-20-12-11-18(4-2)21(13-14-23-26-15-16-27-23)24(20)22(17-25)19-9-6-5-7-10-19/h5-7,9-10,18,20-23,25H,3-4,8,11-17H2,1-2H3/t18-,20+,21+,22+/m1/s1. The van der Waals surface area contributed by atoms with Gasteiger partial charge in [0.05, 0.1) is 25.9 Å². The number of nitrogens with zero attached hydrogens (tertiary/aromatic N) is 1. The quantitative estimate of drug-likeness (QED) is 0.688. The maximum Gasteiger partial charge on any atom is 0.157 e. The molecule has 2 aliphatic rings. The van der Waals surface area contributed by atoms with Crippen molar-refractivity contribution in [1.82, 2.24) is 4.90 Å². The summed E-state index contributed by atoms with van der Waals surface area (Å²) < 4.78 is 11.4. The van der Waals surface area contributed by atoms with Crippen LogP contribution in [-0.2, 0) is 9.47 Å². The lowest BCUT2D eigenvalue weighted by molar-refractivity contribution is -0.0693. The number of benzene rings is 1. The molecule has 27 heavy (non-hydrogen) atoms. The predicted molar refractivity (Wildman–Crippen MR) is 109 cm³/mol. The smallest absolute Gasteiger partial charge is 0.157 e. The van der Waals surface area contributed by atoms with E-state index in [0.29, 0.717) is 18.0 Å². The molecule has 3 rings (SSSR count). The highest BCUT2D eigenvalue weighted by atomic mass is 16.7. The van der Waals surface area contributed by atoms with Gasteiger partial charge >= 0.3 is 0 Å². The second-order valence-corrected chi connectivity index (χ2v) is 8.06. The summed E-state index contributed by atoms with van der Waals surface area (Å²) in [6.45, 7) is 6.20. The summed E-state index contributed by atoms with van der Waals surface area (Å²) in [5.41, 5.74) is 1.23. The van der Waals surface area contributed by atoms with Crippen LogP contribution in [0.1, 0.15) is 70.4 Å². The number of aliphatic hydroxyl groups excluding tert-OH is 1. The third-order valence-corrected chi connectivity index (χ3v) is 6.47. The van der Waals surface area contributed by atoms with Crippen LogP contribution in [0.25, 0.3) is 0 Å². The minimum absolute atomic E-state index is 0.0415. The molecule has 0 aromatic heterocycles. The van der Waals surface area contributed by atoms with Crippen LogP contribution in [0.5, 0.6) is 0 Å². The van der Waals surface area contributed by atoms with E-state index in [2.05, 4.69) is 49.1 Å². The Morgan fingerprint density at radius 3 is 2.41 bits per heavy atom. The van der Waals surface area contributed by atoms with E-state index in [-0.39, 0.29) is 18.9 Å². The Bertz CT molecular complexity index is 532. The van der Waals surface area contributed by atoms with Crippen molar-refractivity contribution in [3.8, 4) is 0 Å². The van der Waals surface area contributed by atoms with Gasteiger partial charge < -0.3 is 14.6 Å². The molecule has 0 unspecified atom stereocenters. The van der Waals surface area contributed by atoms with Crippen LogP contribution >= 0.6 is 0 Å². The zero-order chi connectivity index (χ0) is 19.1. The van der Waals surface area contributed by atoms with Gasteiger partial charge in [0, 0.05) is 12.1 Å². The Hall–Kier alpha value is -0.940. The molecule has 1 N–H and O–H groups in total. The van der Waals surface area contributed by atoms with Crippen molar-refractivity contribution >= 4 is 0 Å². The van der Waals surface area contributed by atoms with Crippen LogP contribution in [0.3, 0.4) is 0 Å². The molecule has 0 aliphatic carbocycles. The van der Waals surface area contributed by atoms with E-state index < -0.39 is 0 Å². The average molecular weight is 376 g/mol. The van der Waals surface area contributed by atoms with Crippen LogP contribution in [0.15, 0.2) is 30.3 Å². The highest BCUT2D eigenvalue weighted by molar-refractivity contribution is 5.20. The van der Waals surface area contributed by atoms with E-state index in [1.54, 1.807) is 0 Å². The monoisotopic (exact) mass is 375 g/mol. The van der Waals surface area contributed by atoms with Gasteiger partial charge in [-0.2, -0.15) is 0 Å². The van der Waals surface area contributed by atoms with Crippen LogP contribution in [0.2, 0.25) is 0 Å². The summed E-state index contributed by atoms with van der Waals surface area (Å²) in [5, 5.41) is 10.4. The molecule has 4 nitrogen and oxygen atoms in total. The Balaban J connectivity index is 1.84. The Morgan fingerprint density at radius 2 is 1.78 bits per heavy atom. The number of hydrogen-bond acceptors (Lipinski definition) is 4. The molecule has 2 saturated heterocycles. The first-order chi connectivity index (χ1) is 13.3. The van der Waals surface area contributed by atoms with E-state index in [9.17, 15) is 5.11 Å². The lowest BCUT2D eigenvalue weighted by atomic mass is 9.79. The second kappa shape index (κ2) is 10.6. The van der Waals surface area contributed by atoms with Crippen molar-refractivity contribution in [1.29, 1.82) is 0 Å². The number of aliphatic hydroxyl groups is 1. The number of rotatable bonds is 9. The van der Waals surface area contributed by atoms with Crippen molar-refractivity contribution in [2.45, 2.75) is 83.2 Å². The fourth-order valence-corrected chi connectivity index (χ4v) is 5.16. The van der Waals surface area contributed by atoms with Gasteiger partial charge in [-0.3, -0.25) is 4.90 Å². The van der Waals surface area contributed by atoms with E-state index in [0.717, 1.165) is 26.1 Å². The third-order valence-electron chi connectivity index (χ3n) is 6.47. The van der Waals surface area contributed by atoms with E-state index in [4.69, 9.17) is 9.47 Å².